The average Bonchev–Trinajstić information content (AvgIpc) is 3.18. The quantitative estimate of drug-likeness (QED) is 0.479. The Labute approximate surface area is 179 Å². The highest BCUT2D eigenvalue weighted by Crippen LogP contribution is 2.19. The molecule has 29 heavy (non-hydrogen) atoms. The lowest BCUT2D eigenvalue weighted by Crippen LogP contribution is -2.30. The molecule has 0 atom stereocenters. The van der Waals surface area contributed by atoms with Gasteiger partial charge in [0.05, 0.1) is 6.54 Å². The Morgan fingerprint density at radius 1 is 1.07 bits per heavy atom. The van der Waals surface area contributed by atoms with Gasteiger partial charge in [0.1, 0.15) is 12.4 Å². The molecule has 8 heteroatoms. The molecule has 0 unspecified atom stereocenters. The first kappa shape index (κ1) is 21.1. The maximum Gasteiger partial charge on any atom is 0.226 e. The Hall–Kier alpha value is -2.57. The summed E-state index contributed by atoms with van der Waals surface area (Å²) in [6.45, 7) is 0.917. The van der Waals surface area contributed by atoms with Crippen LogP contribution in [0, 0.1) is 0 Å². The van der Waals surface area contributed by atoms with E-state index in [0.29, 0.717) is 54.2 Å². The number of hydrogen-bond donors (Lipinski definition) is 0. The van der Waals surface area contributed by atoms with Crippen LogP contribution in [0.25, 0.3) is 11.4 Å². The van der Waals surface area contributed by atoms with E-state index in [1.54, 1.807) is 48.3 Å². The maximum atomic E-state index is 12.3. The van der Waals surface area contributed by atoms with Crippen LogP contribution in [0.3, 0.4) is 0 Å². The number of likely N-dealkylation sites (N-methyl/N-ethyl adjacent to an activating group) is 1. The monoisotopic (exact) mass is 433 g/mol. The SMILES string of the molecule is CN(CCOc1ccc(Cl)cc1)C(=O)CCCc1nc(-c2ccc(Cl)cc2)no1. The van der Waals surface area contributed by atoms with Gasteiger partial charge in [0, 0.05) is 35.5 Å². The number of ether oxygens (including phenoxy) is 1. The molecule has 152 valence electrons. The van der Waals surface area contributed by atoms with Crippen molar-refractivity contribution < 1.29 is 14.1 Å². The molecule has 0 aliphatic carbocycles. The highest BCUT2D eigenvalue weighted by molar-refractivity contribution is 6.30. The van der Waals surface area contributed by atoms with E-state index in [-0.39, 0.29) is 5.91 Å². The Balaban J connectivity index is 1.38. The Kier molecular flexibility index (Phi) is 7.49. The molecule has 0 radical (unpaired) electrons. The molecule has 0 fully saturated rings. The summed E-state index contributed by atoms with van der Waals surface area (Å²) >= 11 is 11.7. The number of benzene rings is 2. The second kappa shape index (κ2) is 10.3. The number of rotatable bonds is 9. The van der Waals surface area contributed by atoms with Crippen molar-refractivity contribution in [1.82, 2.24) is 15.0 Å². The molecule has 0 bridgehead atoms. The summed E-state index contributed by atoms with van der Waals surface area (Å²) in [6, 6.07) is 14.3. The number of carbonyl (C=O) groups excluding carboxylic acids is 1. The summed E-state index contributed by atoms with van der Waals surface area (Å²) in [6.07, 6.45) is 1.57. The van der Waals surface area contributed by atoms with E-state index >= 15 is 0 Å². The zero-order valence-electron chi connectivity index (χ0n) is 16.0. The predicted molar refractivity (Wildman–Crippen MR) is 112 cm³/mol. The zero-order valence-corrected chi connectivity index (χ0v) is 17.5. The van der Waals surface area contributed by atoms with Crippen LogP contribution in [0.5, 0.6) is 5.75 Å². The summed E-state index contributed by atoms with van der Waals surface area (Å²) < 4.78 is 10.9. The Bertz CT molecular complexity index is 927. The van der Waals surface area contributed by atoms with Crippen LogP contribution in [0.2, 0.25) is 10.0 Å². The molecule has 0 aliphatic rings. The molecule has 1 amide bonds. The minimum atomic E-state index is 0.0437. The summed E-state index contributed by atoms with van der Waals surface area (Å²) in [5, 5.41) is 5.28. The first-order valence-corrected chi connectivity index (χ1v) is 9.98. The van der Waals surface area contributed by atoms with Crippen LogP contribution in [-0.2, 0) is 11.2 Å². The summed E-state index contributed by atoms with van der Waals surface area (Å²) in [5.41, 5.74) is 0.834. The Morgan fingerprint density at radius 2 is 1.72 bits per heavy atom. The van der Waals surface area contributed by atoms with Gasteiger partial charge in [0.15, 0.2) is 0 Å². The van der Waals surface area contributed by atoms with E-state index in [1.165, 1.54) is 0 Å². The van der Waals surface area contributed by atoms with Crippen LogP contribution in [0.4, 0.5) is 0 Å². The van der Waals surface area contributed by atoms with E-state index < -0.39 is 0 Å². The smallest absolute Gasteiger partial charge is 0.226 e. The van der Waals surface area contributed by atoms with Crippen molar-refractivity contribution >= 4 is 29.1 Å². The van der Waals surface area contributed by atoms with Crippen molar-refractivity contribution in [3.8, 4) is 17.1 Å². The van der Waals surface area contributed by atoms with Gasteiger partial charge in [-0.15, -0.1) is 0 Å². The fourth-order valence-electron chi connectivity index (χ4n) is 2.61. The number of nitrogens with zero attached hydrogens (tertiary/aromatic N) is 3. The van der Waals surface area contributed by atoms with Crippen molar-refractivity contribution in [3.05, 3.63) is 64.5 Å². The number of hydrogen-bond acceptors (Lipinski definition) is 5. The average molecular weight is 434 g/mol. The third-order valence-electron chi connectivity index (χ3n) is 4.29. The molecule has 6 nitrogen and oxygen atoms in total. The fourth-order valence-corrected chi connectivity index (χ4v) is 2.86. The van der Waals surface area contributed by atoms with E-state index in [1.807, 2.05) is 12.1 Å². The molecule has 3 rings (SSSR count). The molecule has 3 aromatic rings. The normalized spacial score (nSPS) is 10.7. The van der Waals surface area contributed by atoms with Crippen LogP contribution in [-0.4, -0.2) is 41.1 Å². The van der Waals surface area contributed by atoms with Gasteiger partial charge < -0.3 is 14.2 Å². The number of aromatic nitrogens is 2. The first-order chi connectivity index (χ1) is 14.0. The van der Waals surface area contributed by atoms with Crippen molar-refractivity contribution in [2.75, 3.05) is 20.2 Å². The maximum absolute atomic E-state index is 12.3. The van der Waals surface area contributed by atoms with Crippen LogP contribution >= 0.6 is 23.2 Å². The minimum absolute atomic E-state index is 0.0437. The Morgan fingerprint density at radius 3 is 2.41 bits per heavy atom. The molecule has 1 aromatic heterocycles. The molecule has 0 aliphatic heterocycles. The number of aryl methyl sites for hydroxylation is 1. The van der Waals surface area contributed by atoms with Crippen molar-refractivity contribution in [1.29, 1.82) is 0 Å². The molecular weight excluding hydrogens is 413 g/mol. The van der Waals surface area contributed by atoms with Gasteiger partial charge in [-0.05, 0) is 55.0 Å². The minimum Gasteiger partial charge on any atom is -0.492 e. The van der Waals surface area contributed by atoms with Gasteiger partial charge in [-0.3, -0.25) is 4.79 Å². The first-order valence-electron chi connectivity index (χ1n) is 9.22. The molecule has 2 aromatic carbocycles. The highest BCUT2D eigenvalue weighted by Gasteiger charge is 2.12. The van der Waals surface area contributed by atoms with Gasteiger partial charge >= 0.3 is 0 Å². The molecule has 0 saturated heterocycles. The van der Waals surface area contributed by atoms with Gasteiger partial charge in [-0.25, -0.2) is 0 Å². The second-order valence-electron chi connectivity index (χ2n) is 6.49. The van der Waals surface area contributed by atoms with E-state index in [4.69, 9.17) is 32.5 Å². The molecule has 0 N–H and O–H groups in total. The number of carbonyl (C=O) groups is 1. The summed E-state index contributed by atoms with van der Waals surface area (Å²) in [7, 11) is 1.76. The van der Waals surface area contributed by atoms with Crippen LogP contribution < -0.4 is 4.74 Å². The topological polar surface area (TPSA) is 68.5 Å². The lowest BCUT2D eigenvalue weighted by atomic mass is 10.2. The largest absolute Gasteiger partial charge is 0.492 e. The standard InChI is InChI=1S/C21H21Cl2N3O3/c1-26(13-14-28-18-11-9-17(23)10-12-18)20(27)4-2-3-19-24-21(25-29-19)15-5-7-16(22)8-6-15/h5-12H,2-4,13-14H2,1H3. The van der Waals surface area contributed by atoms with E-state index in [9.17, 15) is 4.79 Å². The van der Waals surface area contributed by atoms with Gasteiger partial charge in [0.25, 0.3) is 0 Å². The summed E-state index contributed by atoms with van der Waals surface area (Å²) in [5.74, 6) is 1.79. The lowest BCUT2D eigenvalue weighted by Gasteiger charge is -2.17. The van der Waals surface area contributed by atoms with Gasteiger partial charge in [-0.1, -0.05) is 28.4 Å². The molecular formula is C21H21Cl2N3O3. The van der Waals surface area contributed by atoms with E-state index in [0.717, 1.165) is 11.3 Å². The number of halogens is 2. The van der Waals surface area contributed by atoms with Gasteiger partial charge in [0.2, 0.25) is 17.6 Å². The third kappa shape index (κ3) is 6.48. The highest BCUT2D eigenvalue weighted by atomic mass is 35.5. The molecule has 1 heterocycles. The van der Waals surface area contributed by atoms with E-state index in [2.05, 4.69) is 10.1 Å². The van der Waals surface area contributed by atoms with Crippen LogP contribution in [0.15, 0.2) is 53.1 Å². The fraction of sp³-hybridized carbons (Fsp3) is 0.286. The van der Waals surface area contributed by atoms with Crippen LogP contribution in [0.1, 0.15) is 18.7 Å². The lowest BCUT2D eigenvalue weighted by molar-refractivity contribution is -0.130. The van der Waals surface area contributed by atoms with Gasteiger partial charge in [-0.2, -0.15) is 4.98 Å². The third-order valence-corrected chi connectivity index (χ3v) is 4.79. The van der Waals surface area contributed by atoms with Crippen molar-refractivity contribution in [2.45, 2.75) is 19.3 Å². The van der Waals surface area contributed by atoms with Crippen molar-refractivity contribution in [2.24, 2.45) is 0 Å². The second-order valence-corrected chi connectivity index (χ2v) is 7.36. The zero-order chi connectivity index (χ0) is 20.6. The van der Waals surface area contributed by atoms with Crippen molar-refractivity contribution in [3.63, 3.8) is 0 Å². The predicted octanol–water partition coefficient (Wildman–Crippen LogP) is 4.90. The number of amides is 1. The molecule has 0 spiro atoms. The summed E-state index contributed by atoms with van der Waals surface area (Å²) in [4.78, 5) is 18.3. The molecule has 0 saturated carbocycles.